The van der Waals surface area contributed by atoms with Gasteiger partial charge in [-0.15, -0.1) is 0 Å². The number of hydrogen-bond acceptors (Lipinski definition) is 4. The van der Waals surface area contributed by atoms with Gasteiger partial charge in [-0.25, -0.2) is 0 Å². The maximum absolute atomic E-state index is 8.80. The predicted octanol–water partition coefficient (Wildman–Crippen LogP) is 2.45. The van der Waals surface area contributed by atoms with Crippen molar-refractivity contribution < 1.29 is 4.74 Å². The van der Waals surface area contributed by atoms with Crippen LogP contribution in [0, 0.1) is 11.3 Å². The van der Waals surface area contributed by atoms with Crippen molar-refractivity contribution in [3.05, 3.63) is 28.2 Å². The highest BCUT2D eigenvalue weighted by Gasteiger charge is 2.09. The lowest BCUT2D eigenvalue weighted by atomic mass is 10.2. The van der Waals surface area contributed by atoms with Crippen LogP contribution in [0.2, 0.25) is 0 Å². The first-order valence-corrected chi connectivity index (χ1v) is 7.32. The summed E-state index contributed by atoms with van der Waals surface area (Å²) in [6.45, 7) is 5.83. The van der Waals surface area contributed by atoms with Gasteiger partial charge in [0.1, 0.15) is 0 Å². The summed E-state index contributed by atoms with van der Waals surface area (Å²) in [7, 11) is 0. The molecule has 1 aromatic rings. The van der Waals surface area contributed by atoms with Crippen LogP contribution in [-0.2, 0) is 4.74 Å². The zero-order valence-corrected chi connectivity index (χ0v) is 12.4. The maximum Gasteiger partial charge on any atom is 0.0992 e. The molecular formula is C14H18BrN3O. The third kappa shape index (κ3) is 4.50. The Balaban J connectivity index is 1.72. The molecule has 2 rings (SSSR count). The second-order valence-electron chi connectivity index (χ2n) is 4.54. The Morgan fingerprint density at radius 3 is 2.84 bits per heavy atom. The van der Waals surface area contributed by atoms with Crippen molar-refractivity contribution in [2.24, 2.45) is 0 Å². The van der Waals surface area contributed by atoms with E-state index in [0.717, 1.165) is 56.0 Å². The van der Waals surface area contributed by atoms with E-state index in [1.807, 2.05) is 18.2 Å². The number of morpholine rings is 1. The van der Waals surface area contributed by atoms with Crippen LogP contribution >= 0.6 is 15.9 Å². The number of ether oxygens (including phenoxy) is 1. The smallest absolute Gasteiger partial charge is 0.0992 e. The van der Waals surface area contributed by atoms with E-state index in [9.17, 15) is 0 Å². The van der Waals surface area contributed by atoms with Crippen LogP contribution in [0.4, 0.5) is 5.69 Å². The molecule has 0 radical (unpaired) electrons. The summed E-state index contributed by atoms with van der Waals surface area (Å²) in [5.41, 5.74) is 1.71. The van der Waals surface area contributed by atoms with E-state index in [1.54, 1.807) is 0 Å². The molecule has 0 unspecified atom stereocenters. The zero-order valence-electron chi connectivity index (χ0n) is 10.9. The third-order valence-electron chi connectivity index (χ3n) is 3.17. The summed E-state index contributed by atoms with van der Waals surface area (Å²) in [6.07, 6.45) is 1.10. The van der Waals surface area contributed by atoms with Crippen LogP contribution in [0.3, 0.4) is 0 Å². The molecule has 0 bridgehead atoms. The Hall–Kier alpha value is -1.09. The molecule has 1 N–H and O–H groups in total. The molecule has 1 aliphatic heterocycles. The van der Waals surface area contributed by atoms with Gasteiger partial charge in [0.2, 0.25) is 0 Å². The number of nitrogens with zero attached hydrogens (tertiary/aromatic N) is 2. The summed E-state index contributed by atoms with van der Waals surface area (Å²) >= 11 is 3.48. The molecule has 1 heterocycles. The van der Waals surface area contributed by atoms with Crippen LogP contribution in [0.25, 0.3) is 0 Å². The molecule has 19 heavy (non-hydrogen) atoms. The summed E-state index contributed by atoms with van der Waals surface area (Å²) in [6, 6.07) is 7.74. The van der Waals surface area contributed by atoms with E-state index < -0.39 is 0 Å². The van der Waals surface area contributed by atoms with Gasteiger partial charge in [-0.3, -0.25) is 4.90 Å². The average Bonchev–Trinajstić information content (AvgIpc) is 2.46. The number of hydrogen-bond donors (Lipinski definition) is 1. The Morgan fingerprint density at radius 1 is 1.37 bits per heavy atom. The van der Waals surface area contributed by atoms with Crippen LogP contribution < -0.4 is 5.32 Å². The van der Waals surface area contributed by atoms with Gasteiger partial charge in [0, 0.05) is 29.8 Å². The predicted molar refractivity (Wildman–Crippen MR) is 79.2 cm³/mol. The summed E-state index contributed by atoms with van der Waals surface area (Å²) in [5.74, 6) is 0. The van der Waals surface area contributed by atoms with Gasteiger partial charge < -0.3 is 10.1 Å². The Labute approximate surface area is 122 Å². The quantitative estimate of drug-likeness (QED) is 0.845. The fraction of sp³-hybridized carbons (Fsp3) is 0.500. The number of nitrogens with one attached hydrogen (secondary N) is 1. The molecule has 1 aliphatic rings. The molecule has 0 atom stereocenters. The molecule has 4 nitrogen and oxygen atoms in total. The molecular weight excluding hydrogens is 306 g/mol. The minimum Gasteiger partial charge on any atom is -0.384 e. The lowest BCUT2D eigenvalue weighted by molar-refractivity contribution is 0.0378. The summed E-state index contributed by atoms with van der Waals surface area (Å²) in [5, 5.41) is 12.2. The fourth-order valence-corrected chi connectivity index (χ4v) is 2.60. The van der Waals surface area contributed by atoms with Crippen molar-refractivity contribution >= 4 is 21.6 Å². The van der Waals surface area contributed by atoms with E-state index >= 15 is 0 Å². The van der Waals surface area contributed by atoms with Crippen molar-refractivity contribution in [2.75, 3.05) is 44.7 Å². The number of halogens is 1. The van der Waals surface area contributed by atoms with Crippen molar-refractivity contribution in [2.45, 2.75) is 6.42 Å². The molecule has 0 saturated carbocycles. The Kier molecular flexibility index (Phi) is 5.64. The lowest BCUT2D eigenvalue weighted by Gasteiger charge is -2.26. The van der Waals surface area contributed by atoms with Gasteiger partial charge in [0.25, 0.3) is 0 Å². The summed E-state index contributed by atoms with van der Waals surface area (Å²) in [4.78, 5) is 2.43. The topological polar surface area (TPSA) is 48.3 Å². The lowest BCUT2D eigenvalue weighted by Crippen LogP contribution is -2.37. The molecule has 0 aromatic heterocycles. The normalized spacial score (nSPS) is 16.0. The molecule has 1 saturated heterocycles. The van der Waals surface area contributed by atoms with Crippen molar-refractivity contribution in [1.82, 2.24) is 4.90 Å². The van der Waals surface area contributed by atoms with Crippen molar-refractivity contribution in [3.63, 3.8) is 0 Å². The van der Waals surface area contributed by atoms with E-state index in [-0.39, 0.29) is 0 Å². The maximum atomic E-state index is 8.80. The standard InChI is InChI=1S/C14H18BrN3O/c15-13-10-12(11-16)2-3-14(13)17-4-1-5-18-6-8-19-9-7-18/h2-3,10,17H,1,4-9H2. The largest absolute Gasteiger partial charge is 0.384 e. The number of anilines is 1. The monoisotopic (exact) mass is 323 g/mol. The van der Waals surface area contributed by atoms with Gasteiger partial charge >= 0.3 is 0 Å². The summed E-state index contributed by atoms with van der Waals surface area (Å²) < 4.78 is 6.27. The van der Waals surface area contributed by atoms with E-state index in [2.05, 4.69) is 32.2 Å². The molecule has 5 heteroatoms. The minimum absolute atomic E-state index is 0.672. The first-order chi connectivity index (χ1) is 9.29. The minimum atomic E-state index is 0.672. The molecule has 1 fully saturated rings. The van der Waals surface area contributed by atoms with Crippen molar-refractivity contribution in [1.29, 1.82) is 5.26 Å². The van der Waals surface area contributed by atoms with Gasteiger partial charge in [0.05, 0.1) is 24.8 Å². The molecule has 0 aliphatic carbocycles. The zero-order chi connectivity index (χ0) is 13.5. The van der Waals surface area contributed by atoms with E-state index in [0.29, 0.717) is 5.56 Å². The molecule has 102 valence electrons. The van der Waals surface area contributed by atoms with Crippen LogP contribution in [0.1, 0.15) is 12.0 Å². The van der Waals surface area contributed by atoms with Gasteiger partial charge in [-0.05, 0) is 47.1 Å². The molecule has 0 amide bonds. The average molecular weight is 324 g/mol. The van der Waals surface area contributed by atoms with Gasteiger partial charge in [0.15, 0.2) is 0 Å². The SMILES string of the molecule is N#Cc1ccc(NCCCN2CCOCC2)c(Br)c1. The second kappa shape index (κ2) is 7.49. The Morgan fingerprint density at radius 2 is 2.16 bits per heavy atom. The van der Waals surface area contributed by atoms with Crippen molar-refractivity contribution in [3.8, 4) is 6.07 Å². The van der Waals surface area contributed by atoms with E-state index in [4.69, 9.17) is 10.00 Å². The molecule has 0 spiro atoms. The highest BCUT2D eigenvalue weighted by Crippen LogP contribution is 2.23. The van der Waals surface area contributed by atoms with Crippen LogP contribution in [0.5, 0.6) is 0 Å². The molecule has 1 aromatic carbocycles. The van der Waals surface area contributed by atoms with Gasteiger partial charge in [-0.1, -0.05) is 0 Å². The first kappa shape index (κ1) is 14.3. The van der Waals surface area contributed by atoms with Crippen LogP contribution in [0.15, 0.2) is 22.7 Å². The van der Waals surface area contributed by atoms with Gasteiger partial charge in [-0.2, -0.15) is 5.26 Å². The Bertz CT molecular complexity index is 452. The number of benzene rings is 1. The first-order valence-electron chi connectivity index (χ1n) is 6.53. The third-order valence-corrected chi connectivity index (χ3v) is 3.82. The van der Waals surface area contributed by atoms with Crippen LogP contribution in [-0.4, -0.2) is 44.3 Å². The fourth-order valence-electron chi connectivity index (χ4n) is 2.08. The number of nitriles is 1. The second-order valence-corrected chi connectivity index (χ2v) is 5.40. The highest BCUT2D eigenvalue weighted by molar-refractivity contribution is 9.10. The highest BCUT2D eigenvalue weighted by atomic mass is 79.9. The van der Waals surface area contributed by atoms with E-state index in [1.165, 1.54) is 0 Å². The number of rotatable bonds is 5.